The average Bonchev–Trinajstić information content (AvgIpc) is 3.39. The number of halogens is 1. The fourth-order valence-corrected chi connectivity index (χ4v) is 7.09. The zero-order chi connectivity index (χ0) is 29.8. The summed E-state index contributed by atoms with van der Waals surface area (Å²) in [5.74, 6) is -0.730. The van der Waals surface area contributed by atoms with E-state index in [1.807, 2.05) is 12.1 Å². The fourth-order valence-electron chi connectivity index (χ4n) is 7.09. The minimum absolute atomic E-state index is 0.195. The minimum atomic E-state index is -0.535. The predicted octanol–water partition coefficient (Wildman–Crippen LogP) is 4.00. The van der Waals surface area contributed by atoms with Crippen molar-refractivity contribution in [2.24, 2.45) is 7.05 Å². The topological polar surface area (TPSA) is 83.6 Å². The van der Waals surface area contributed by atoms with Crippen LogP contribution in [0.1, 0.15) is 62.5 Å². The Balaban J connectivity index is 1.26. The fraction of sp³-hybridized carbons (Fsp3) is 0.382. The van der Waals surface area contributed by atoms with Gasteiger partial charge in [-0.3, -0.25) is 9.59 Å². The summed E-state index contributed by atoms with van der Waals surface area (Å²) in [4.78, 5) is 35.6. The molecule has 0 saturated heterocycles. The van der Waals surface area contributed by atoms with Gasteiger partial charge in [-0.25, -0.2) is 9.37 Å². The van der Waals surface area contributed by atoms with Gasteiger partial charge in [0.15, 0.2) is 0 Å². The summed E-state index contributed by atoms with van der Waals surface area (Å²) in [5.41, 5.74) is 8.30. The van der Waals surface area contributed by atoms with Crippen molar-refractivity contribution >= 4 is 11.6 Å². The number of carbonyl (C=O) groups excluding carboxylic acids is 1. The molecular weight excluding hydrogens is 545 g/mol. The predicted molar refractivity (Wildman–Crippen MR) is 163 cm³/mol. The van der Waals surface area contributed by atoms with Crippen LogP contribution in [0.2, 0.25) is 0 Å². The molecule has 0 atom stereocenters. The second-order valence-corrected chi connectivity index (χ2v) is 12.2. The molecule has 1 N–H and O–H groups in total. The Bertz CT molecular complexity index is 1820. The molecule has 4 aromatic rings. The minimum Gasteiger partial charge on any atom is -0.392 e. The molecule has 2 aromatic carbocycles. The quantitative estimate of drug-likeness (QED) is 0.385. The lowest BCUT2D eigenvalue weighted by Crippen LogP contribution is -2.41. The molecule has 0 spiro atoms. The van der Waals surface area contributed by atoms with Crippen LogP contribution in [0, 0.1) is 5.82 Å². The van der Waals surface area contributed by atoms with Gasteiger partial charge >= 0.3 is 0 Å². The number of hydrogen-bond acceptors (Lipinski definition) is 5. The molecular formula is C34H36FN5O3. The van der Waals surface area contributed by atoms with E-state index >= 15 is 4.39 Å². The number of amides is 1. The number of aliphatic hydroxyl groups excluding tert-OH is 1. The van der Waals surface area contributed by atoms with Gasteiger partial charge in [0.25, 0.3) is 11.5 Å². The Morgan fingerprint density at radius 3 is 2.60 bits per heavy atom. The number of rotatable bonds is 5. The molecule has 0 unspecified atom stereocenters. The van der Waals surface area contributed by atoms with E-state index in [9.17, 15) is 14.7 Å². The van der Waals surface area contributed by atoms with Crippen LogP contribution >= 0.6 is 0 Å². The number of aryl methyl sites for hydroxylation is 2. The first-order valence-corrected chi connectivity index (χ1v) is 15.1. The third-order valence-electron chi connectivity index (χ3n) is 9.32. The normalized spacial score (nSPS) is 16.7. The van der Waals surface area contributed by atoms with Crippen molar-refractivity contribution in [1.82, 2.24) is 19.0 Å². The van der Waals surface area contributed by atoms with Crippen LogP contribution in [0.25, 0.3) is 11.3 Å². The largest absolute Gasteiger partial charge is 0.392 e. The molecule has 0 bridgehead atoms. The standard InChI is InChI=1S/C34H36FN5O3/c1-37-10-9-22-13-21(7-8-24(22)18-37)14-28-33(42)38(2)19-29(36-28)26-16-25(35)17-31(27(26)20-41)40-12-11-39-30-6-4-3-5-23(30)15-32(39)34(40)43/h7-8,13,15-17,19,41H,3-6,9-12,14,18,20H2,1-2H3. The first-order valence-electron chi connectivity index (χ1n) is 15.1. The molecule has 1 aliphatic carbocycles. The van der Waals surface area contributed by atoms with E-state index in [1.165, 1.54) is 39.1 Å². The molecule has 9 heteroatoms. The first kappa shape index (κ1) is 27.7. The maximum Gasteiger partial charge on any atom is 0.274 e. The summed E-state index contributed by atoms with van der Waals surface area (Å²) in [6, 6.07) is 11.0. The molecule has 1 amide bonds. The van der Waals surface area contributed by atoms with Crippen molar-refractivity contribution in [2.45, 2.75) is 58.2 Å². The van der Waals surface area contributed by atoms with Crippen molar-refractivity contribution in [2.75, 3.05) is 25.0 Å². The molecule has 43 heavy (non-hydrogen) atoms. The molecule has 0 fully saturated rings. The van der Waals surface area contributed by atoms with Crippen LogP contribution in [0.4, 0.5) is 10.1 Å². The van der Waals surface area contributed by atoms with Crippen molar-refractivity contribution in [3.8, 4) is 11.3 Å². The molecule has 0 radical (unpaired) electrons. The van der Waals surface area contributed by atoms with E-state index in [0.717, 1.165) is 50.8 Å². The van der Waals surface area contributed by atoms with E-state index < -0.39 is 12.4 Å². The Labute approximate surface area is 250 Å². The van der Waals surface area contributed by atoms with Crippen LogP contribution in [-0.2, 0) is 52.4 Å². The highest BCUT2D eigenvalue weighted by Crippen LogP contribution is 2.36. The lowest BCUT2D eigenvalue weighted by atomic mass is 9.96. The zero-order valence-electron chi connectivity index (χ0n) is 24.7. The summed E-state index contributed by atoms with van der Waals surface area (Å²) in [6.07, 6.45) is 7.05. The van der Waals surface area contributed by atoms with Crippen LogP contribution in [0.5, 0.6) is 0 Å². The molecule has 0 saturated carbocycles. The number of aliphatic hydroxyl groups is 1. The van der Waals surface area contributed by atoms with E-state index in [0.29, 0.717) is 53.4 Å². The average molecular weight is 582 g/mol. The Morgan fingerprint density at radius 2 is 1.77 bits per heavy atom. The van der Waals surface area contributed by atoms with Crippen molar-refractivity contribution in [3.05, 3.63) is 104 Å². The van der Waals surface area contributed by atoms with Gasteiger partial charge in [0.05, 0.1) is 18.0 Å². The summed E-state index contributed by atoms with van der Waals surface area (Å²) in [5, 5.41) is 10.6. The van der Waals surface area contributed by atoms with Gasteiger partial charge in [-0.1, -0.05) is 18.2 Å². The number of carbonyl (C=O) groups is 1. The number of benzene rings is 2. The van der Waals surface area contributed by atoms with Crippen molar-refractivity contribution in [1.29, 1.82) is 0 Å². The third kappa shape index (κ3) is 4.90. The van der Waals surface area contributed by atoms with E-state index in [-0.39, 0.29) is 11.5 Å². The summed E-state index contributed by atoms with van der Waals surface area (Å²) in [6.45, 7) is 2.48. The second kappa shape index (κ2) is 10.9. The van der Waals surface area contributed by atoms with E-state index in [2.05, 4.69) is 28.6 Å². The van der Waals surface area contributed by atoms with Gasteiger partial charge < -0.3 is 24.0 Å². The van der Waals surface area contributed by atoms with Crippen LogP contribution in [0.3, 0.4) is 0 Å². The number of aromatic nitrogens is 3. The lowest BCUT2D eigenvalue weighted by Gasteiger charge is -2.31. The van der Waals surface area contributed by atoms with E-state index in [1.54, 1.807) is 18.1 Å². The van der Waals surface area contributed by atoms with Gasteiger partial charge in [0, 0.05) is 62.7 Å². The number of nitrogens with zero attached hydrogens (tertiary/aromatic N) is 5. The highest BCUT2D eigenvalue weighted by molar-refractivity contribution is 6.07. The van der Waals surface area contributed by atoms with Gasteiger partial charge in [-0.05, 0) is 79.6 Å². The maximum atomic E-state index is 15.3. The van der Waals surface area contributed by atoms with E-state index in [4.69, 9.17) is 4.98 Å². The van der Waals surface area contributed by atoms with Crippen LogP contribution < -0.4 is 10.5 Å². The lowest BCUT2D eigenvalue weighted by molar-refractivity contribution is 0.0964. The second-order valence-electron chi connectivity index (χ2n) is 12.2. The highest BCUT2D eigenvalue weighted by Gasteiger charge is 2.32. The van der Waals surface area contributed by atoms with Crippen molar-refractivity contribution in [3.63, 3.8) is 0 Å². The Hall–Kier alpha value is -4.08. The molecule has 4 heterocycles. The molecule has 2 aromatic heterocycles. The van der Waals surface area contributed by atoms with Crippen LogP contribution in [0.15, 0.2) is 47.4 Å². The summed E-state index contributed by atoms with van der Waals surface area (Å²) >= 11 is 0. The molecule has 3 aliphatic rings. The zero-order valence-corrected chi connectivity index (χ0v) is 24.7. The Morgan fingerprint density at radius 1 is 0.930 bits per heavy atom. The number of anilines is 1. The van der Waals surface area contributed by atoms with Crippen molar-refractivity contribution < 1.29 is 14.3 Å². The number of likely N-dealkylation sites (N-methyl/N-ethyl adjacent to an activating group) is 1. The maximum absolute atomic E-state index is 15.3. The molecule has 222 valence electrons. The first-order chi connectivity index (χ1) is 20.8. The molecule has 7 rings (SSSR count). The third-order valence-corrected chi connectivity index (χ3v) is 9.32. The Kier molecular flexibility index (Phi) is 7.02. The number of fused-ring (bicyclic) bond motifs is 4. The molecule has 8 nitrogen and oxygen atoms in total. The highest BCUT2D eigenvalue weighted by atomic mass is 19.1. The summed E-state index contributed by atoms with van der Waals surface area (Å²) in [7, 11) is 3.77. The smallest absolute Gasteiger partial charge is 0.274 e. The summed E-state index contributed by atoms with van der Waals surface area (Å²) < 4.78 is 18.9. The van der Waals surface area contributed by atoms with Gasteiger partial charge in [-0.15, -0.1) is 0 Å². The SMILES string of the molecule is CN1CCc2cc(Cc3nc(-c4cc(F)cc(N5CCn6c(cc7c6CCCC7)C5=O)c4CO)cn(C)c3=O)ccc2C1. The van der Waals surface area contributed by atoms with Crippen LogP contribution in [-0.4, -0.2) is 50.2 Å². The van der Waals surface area contributed by atoms with Gasteiger partial charge in [0.1, 0.15) is 17.2 Å². The van der Waals surface area contributed by atoms with Gasteiger partial charge in [-0.2, -0.15) is 0 Å². The number of hydrogen-bond donors (Lipinski definition) is 1. The monoisotopic (exact) mass is 581 g/mol. The van der Waals surface area contributed by atoms with Gasteiger partial charge in [0.2, 0.25) is 0 Å². The molecule has 2 aliphatic heterocycles.